The van der Waals surface area contributed by atoms with Crippen LogP contribution < -0.4 is 5.32 Å². The summed E-state index contributed by atoms with van der Waals surface area (Å²) in [6.07, 6.45) is 0.616. The Labute approximate surface area is 94.6 Å². The fraction of sp³-hybridized carbons (Fsp3) is 0.500. The minimum absolute atomic E-state index is 0.220. The molecule has 0 saturated heterocycles. The topological polar surface area (TPSA) is 21.3 Å². The Balaban J connectivity index is 2.73. The van der Waals surface area contributed by atoms with Gasteiger partial charge in [-0.25, -0.2) is 8.78 Å². The van der Waals surface area contributed by atoms with Gasteiger partial charge in [-0.15, -0.1) is 0 Å². The molecule has 0 radical (unpaired) electrons. The summed E-state index contributed by atoms with van der Waals surface area (Å²) in [5, 5.41) is 2.96. The molecule has 0 aliphatic carbocycles. The normalized spacial score (nSPS) is 12.8. The third-order valence-corrected chi connectivity index (χ3v) is 2.44. The van der Waals surface area contributed by atoms with Crippen molar-refractivity contribution in [2.45, 2.75) is 19.4 Å². The van der Waals surface area contributed by atoms with Crippen molar-refractivity contribution in [3.63, 3.8) is 0 Å². The molecule has 1 atom stereocenters. The number of rotatable bonds is 6. The van der Waals surface area contributed by atoms with Gasteiger partial charge >= 0.3 is 0 Å². The minimum Gasteiger partial charge on any atom is -0.382 e. The van der Waals surface area contributed by atoms with Crippen LogP contribution in [0, 0.1) is 11.6 Å². The van der Waals surface area contributed by atoms with Gasteiger partial charge in [0.25, 0.3) is 0 Å². The second-order valence-electron chi connectivity index (χ2n) is 3.49. The molecule has 0 bridgehead atoms. The van der Waals surface area contributed by atoms with Crippen molar-refractivity contribution >= 4 is 0 Å². The summed E-state index contributed by atoms with van der Waals surface area (Å²) < 4.78 is 31.7. The van der Waals surface area contributed by atoms with Crippen molar-refractivity contribution in [2.24, 2.45) is 0 Å². The highest BCUT2D eigenvalue weighted by atomic mass is 19.1. The van der Waals surface area contributed by atoms with E-state index in [1.165, 1.54) is 6.07 Å². The summed E-state index contributed by atoms with van der Waals surface area (Å²) in [6.45, 7) is 3.05. The smallest absolute Gasteiger partial charge is 0.128 e. The van der Waals surface area contributed by atoms with Crippen LogP contribution in [0.3, 0.4) is 0 Å². The van der Waals surface area contributed by atoms with Crippen LogP contribution in [-0.4, -0.2) is 20.3 Å². The molecule has 16 heavy (non-hydrogen) atoms. The minimum atomic E-state index is -0.423. The maximum atomic E-state index is 13.5. The van der Waals surface area contributed by atoms with E-state index in [2.05, 4.69) is 5.32 Å². The van der Waals surface area contributed by atoms with Gasteiger partial charge in [0, 0.05) is 24.8 Å². The first-order chi connectivity index (χ1) is 7.69. The van der Waals surface area contributed by atoms with Crippen LogP contribution in [0.4, 0.5) is 8.78 Å². The lowest BCUT2D eigenvalue weighted by molar-refractivity contribution is 0.137. The number of hydrogen-bond acceptors (Lipinski definition) is 2. The van der Waals surface area contributed by atoms with Crippen LogP contribution in [-0.2, 0) is 4.74 Å². The van der Waals surface area contributed by atoms with E-state index in [9.17, 15) is 8.78 Å². The summed E-state index contributed by atoms with van der Waals surface area (Å²) in [6, 6.07) is 3.27. The number of benzene rings is 1. The Morgan fingerprint density at radius 3 is 2.75 bits per heavy atom. The summed E-state index contributed by atoms with van der Waals surface area (Å²) >= 11 is 0. The molecule has 1 unspecified atom stereocenters. The Morgan fingerprint density at radius 1 is 1.38 bits per heavy atom. The Bertz CT molecular complexity index is 331. The largest absolute Gasteiger partial charge is 0.382 e. The molecule has 0 amide bonds. The Kier molecular flexibility index (Phi) is 5.35. The maximum Gasteiger partial charge on any atom is 0.128 e. The van der Waals surface area contributed by atoms with E-state index in [0.29, 0.717) is 25.2 Å². The van der Waals surface area contributed by atoms with Crippen molar-refractivity contribution < 1.29 is 13.5 Å². The molecule has 1 rings (SSSR count). The van der Waals surface area contributed by atoms with Gasteiger partial charge in [0.15, 0.2) is 0 Å². The van der Waals surface area contributed by atoms with E-state index >= 15 is 0 Å². The summed E-state index contributed by atoms with van der Waals surface area (Å²) in [7, 11) is 1.72. The van der Waals surface area contributed by atoms with Crippen molar-refractivity contribution in [1.82, 2.24) is 5.32 Å². The van der Waals surface area contributed by atoms with E-state index in [1.807, 2.05) is 6.92 Å². The second kappa shape index (κ2) is 6.55. The zero-order chi connectivity index (χ0) is 12.0. The Hall–Kier alpha value is -1.00. The summed E-state index contributed by atoms with van der Waals surface area (Å²) in [5.74, 6) is -0.815. The zero-order valence-electron chi connectivity index (χ0n) is 9.59. The highest BCUT2D eigenvalue weighted by molar-refractivity contribution is 5.22. The predicted molar refractivity (Wildman–Crippen MR) is 59.3 cm³/mol. The summed E-state index contributed by atoms with van der Waals surface area (Å²) in [4.78, 5) is 0. The van der Waals surface area contributed by atoms with E-state index < -0.39 is 11.6 Å². The van der Waals surface area contributed by atoms with Gasteiger partial charge in [0.1, 0.15) is 11.6 Å². The van der Waals surface area contributed by atoms with Gasteiger partial charge in [0.05, 0.1) is 0 Å². The monoisotopic (exact) mass is 229 g/mol. The van der Waals surface area contributed by atoms with Crippen LogP contribution in [0.2, 0.25) is 0 Å². The van der Waals surface area contributed by atoms with E-state index in [-0.39, 0.29) is 6.04 Å². The first-order valence-electron chi connectivity index (χ1n) is 5.39. The first-order valence-corrected chi connectivity index (χ1v) is 5.39. The lowest BCUT2D eigenvalue weighted by Crippen LogP contribution is -2.19. The van der Waals surface area contributed by atoms with Crippen LogP contribution >= 0.6 is 0 Å². The molecule has 0 spiro atoms. The number of nitrogens with one attached hydrogen (secondary N) is 1. The molecular formula is C12H17F2NO. The average Bonchev–Trinajstić information content (AvgIpc) is 2.28. The van der Waals surface area contributed by atoms with E-state index in [0.717, 1.165) is 12.1 Å². The quantitative estimate of drug-likeness (QED) is 0.757. The molecule has 0 aliphatic heterocycles. The second-order valence-corrected chi connectivity index (χ2v) is 3.49. The molecule has 1 N–H and O–H groups in total. The van der Waals surface area contributed by atoms with Gasteiger partial charge in [-0.1, -0.05) is 0 Å². The molecule has 1 aromatic carbocycles. The van der Waals surface area contributed by atoms with Crippen LogP contribution in [0.5, 0.6) is 0 Å². The summed E-state index contributed by atoms with van der Waals surface area (Å²) in [5.41, 5.74) is 0.349. The van der Waals surface area contributed by atoms with Crippen LogP contribution in [0.1, 0.15) is 24.9 Å². The van der Waals surface area contributed by atoms with Gasteiger partial charge in [-0.3, -0.25) is 0 Å². The highest BCUT2D eigenvalue weighted by Crippen LogP contribution is 2.20. The number of ether oxygens (including phenoxy) is 1. The number of hydrogen-bond donors (Lipinski definition) is 1. The molecule has 90 valence electrons. The molecule has 0 aliphatic rings. The first kappa shape index (κ1) is 13.1. The maximum absolute atomic E-state index is 13.5. The lowest BCUT2D eigenvalue weighted by atomic mass is 10.0. The third-order valence-electron chi connectivity index (χ3n) is 2.44. The molecule has 1 aromatic rings. The standard InChI is InChI=1S/C12H17F2NO/c1-3-16-7-6-12(15-2)10-8-9(13)4-5-11(10)14/h4-5,8,12,15H,3,6-7H2,1-2H3. The van der Waals surface area contributed by atoms with Crippen molar-refractivity contribution in [3.8, 4) is 0 Å². The fourth-order valence-electron chi connectivity index (χ4n) is 1.58. The molecule has 0 saturated carbocycles. The van der Waals surface area contributed by atoms with Crippen molar-refractivity contribution in [3.05, 3.63) is 35.4 Å². The third kappa shape index (κ3) is 3.54. The zero-order valence-corrected chi connectivity index (χ0v) is 9.59. The Morgan fingerprint density at radius 2 is 2.12 bits per heavy atom. The molecule has 4 heteroatoms. The van der Waals surface area contributed by atoms with Gasteiger partial charge in [-0.05, 0) is 38.6 Å². The molecule has 0 aromatic heterocycles. The number of halogens is 2. The molecule has 0 fully saturated rings. The SMILES string of the molecule is CCOCCC(NC)c1cc(F)ccc1F. The fourth-order valence-corrected chi connectivity index (χ4v) is 1.58. The van der Waals surface area contributed by atoms with Crippen molar-refractivity contribution in [1.29, 1.82) is 0 Å². The molecule has 0 heterocycles. The highest BCUT2D eigenvalue weighted by Gasteiger charge is 2.14. The van der Waals surface area contributed by atoms with E-state index in [1.54, 1.807) is 7.05 Å². The van der Waals surface area contributed by atoms with Gasteiger partial charge < -0.3 is 10.1 Å². The van der Waals surface area contributed by atoms with Crippen molar-refractivity contribution in [2.75, 3.05) is 20.3 Å². The van der Waals surface area contributed by atoms with E-state index in [4.69, 9.17) is 4.74 Å². The van der Waals surface area contributed by atoms with Gasteiger partial charge in [-0.2, -0.15) is 0 Å². The van der Waals surface area contributed by atoms with Crippen LogP contribution in [0.25, 0.3) is 0 Å². The molecule has 2 nitrogen and oxygen atoms in total. The average molecular weight is 229 g/mol. The predicted octanol–water partition coefficient (Wildman–Crippen LogP) is 2.65. The van der Waals surface area contributed by atoms with Crippen LogP contribution in [0.15, 0.2) is 18.2 Å². The molecular weight excluding hydrogens is 212 g/mol. The lowest BCUT2D eigenvalue weighted by Gasteiger charge is -2.17. The van der Waals surface area contributed by atoms with Gasteiger partial charge in [0.2, 0.25) is 0 Å².